The fraction of sp³-hybridized carbons (Fsp3) is 0.0164. The van der Waals surface area contributed by atoms with Gasteiger partial charge in [0.05, 0.1) is 16.8 Å². The molecule has 1 aliphatic rings. The standard InChI is InChI=1S/C61H40N2/c1-5-20-41(21-6-1)46-29-15-18-33-51(46)57-40-56(43-23-7-2-8-24-43)62-60(63-57)53-38-37-50(48-31-16-17-32-49(48)53)52-34-19-35-54-59(52)58-47-30-14-13-22-42(47)36-39-55(58)61(54,44-25-9-3-10-26-44)45-27-11-4-12-28-45/h1-40H. The predicted molar refractivity (Wildman–Crippen MR) is 262 cm³/mol. The van der Waals surface area contributed by atoms with E-state index in [0.29, 0.717) is 5.82 Å². The summed E-state index contributed by atoms with van der Waals surface area (Å²) in [4.78, 5) is 10.8. The van der Waals surface area contributed by atoms with E-state index >= 15 is 0 Å². The van der Waals surface area contributed by atoms with Crippen LogP contribution in [-0.4, -0.2) is 9.97 Å². The molecule has 1 aliphatic carbocycles. The van der Waals surface area contributed by atoms with Gasteiger partial charge in [0.15, 0.2) is 5.82 Å². The van der Waals surface area contributed by atoms with E-state index in [0.717, 1.165) is 50.0 Å². The van der Waals surface area contributed by atoms with Gasteiger partial charge in [0.25, 0.3) is 0 Å². The molecule has 12 rings (SSSR count). The maximum Gasteiger partial charge on any atom is 0.161 e. The van der Waals surface area contributed by atoms with E-state index < -0.39 is 5.41 Å². The molecule has 0 bridgehead atoms. The highest BCUT2D eigenvalue weighted by Gasteiger charge is 2.47. The fourth-order valence-corrected chi connectivity index (χ4v) is 10.3. The number of nitrogens with zero attached hydrogens (tertiary/aromatic N) is 2. The molecule has 294 valence electrons. The Morgan fingerprint density at radius 2 is 0.794 bits per heavy atom. The lowest BCUT2D eigenvalue weighted by Crippen LogP contribution is -2.28. The van der Waals surface area contributed by atoms with Crippen LogP contribution in [0.3, 0.4) is 0 Å². The summed E-state index contributed by atoms with van der Waals surface area (Å²) in [6, 6.07) is 87.7. The molecular weight excluding hydrogens is 761 g/mol. The van der Waals surface area contributed by atoms with Crippen LogP contribution < -0.4 is 0 Å². The number of rotatable bonds is 7. The van der Waals surface area contributed by atoms with Crippen LogP contribution in [-0.2, 0) is 5.41 Å². The minimum Gasteiger partial charge on any atom is -0.228 e. The normalized spacial score (nSPS) is 12.6. The molecule has 2 nitrogen and oxygen atoms in total. The highest BCUT2D eigenvalue weighted by Crippen LogP contribution is 2.60. The van der Waals surface area contributed by atoms with Crippen molar-refractivity contribution in [3.63, 3.8) is 0 Å². The molecular formula is C61H40N2. The molecule has 0 spiro atoms. The van der Waals surface area contributed by atoms with E-state index in [1.165, 1.54) is 55.3 Å². The average molecular weight is 801 g/mol. The Balaban J connectivity index is 1.12. The molecule has 0 fully saturated rings. The highest BCUT2D eigenvalue weighted by molar-refractivity contribution is 6.12. The summed E-state index contributed by atoms with van der Waals surface area (Å²) in [6.45, 7) is 0. The number of aromatic nitrogens is 2. The number of fused-ring (bicyclic) bond motifs is 6. The molecule has 63 heavy (non-hydrogen) atoms. The van der Waals surface area contributed by atoms with E-state index in [-0.39, 0.29) is 0 Å². The second-order valence-corrected chi connectivity index (χ2v) is 16.4. The second kappa shape index (κ2) is 15.1. The molecule has 0 saturated heterocycles. The SMILES string of the molecule is c1ccc(-c2cc(-c3ccccc3-c3ccccc3)nc(-c3ccc(-c4cccc5c4-c4c(ccc6ccccc46)C5(c4ccccc4)c4ccccc4)c4ccccc34)n2)cc1. The summed E-state index contributed by atoms with van der Waals surface area (Å²) < 4.78 is 0. The lowest BCUT2D eigenvalue weighted by Gasteiger charge is -2.34. The molecule has 0 atom stereocenters. The molecule has 0 aliphatic heterocycles. The van der Waals surface area contributed by atoms with E-state index in [4.69, 9.17) is 9.97 Å². The number of benzene rings is 10. The van der Waals surface area contributed by atoms with Gasteiger partial charge < -0.3 is 0 Å². The smallest absolute Gasteiger partial charge is 0.161 e. The molecule has 0 N–H and O–H groups in total. The van der Waals surface area contributed by atoms with Crippen molar-refractivity contribution in [2.24, 2.45) is 0 Å². The lowest BCUT2D eigenvalue weighted by molar-refractivity contribution is 0.769. The van der Waals surface area contributed by atoms with Crippen LogP contribution in [0.5, 0.6) is 0 Å². The summed E-state index contributed by atoms with van der Waals surface area (Å²) in [7, 11) is 0. The zero-order valence-corrected chi connectivity index (χ0v) is 34.5. The summed E-state index contributed by atoms with van der Waals surface area (Å²) in [5, 5.41) is 4.75. The van der Waals surface area contributed by atoms with Gasteiger partial charge in [-0.3, -0.25) is 0 Å². The van der Waals surface area contributed by atoms with Gasteiger partial charge in [0.1, 0.15) is 0 Å². The van der Waals surface area contributed by atoms with Gasteiger partial charge in [-0.05, 0) is 89.3 Å². The predicted octanol–water partition coefficient (Wildman–Crippen LogP) is 15.5. The topological polar surface area (TPSA) is 25.8 Å². The Labute approximate surface area is 367 Å². The zero-order chi connectivity index (χ0) is 41.7. The van der Waals surface area contributed by atoms with Crippen LogP contribution in [0.1, 0.15) is 22.3 Å². The van der Waals surface area contributed by atoms with Gasteiger partial charge in [-0.15, -0.1) is 0 Å². The van der Waals surface area contributed by atoms with Crippen molar-refractivity contribution in [3.8, 4) is 67.3 Å². The molecule has 1 heterocycles. The van der Waals surface area contributed by atoms with Crippen molar-refractivity contribution < 1.29 is 0 Å². The van der Waals surface area contributed by atoms with Gasteiger partial charge in [-0.2, -0.15) is 0 Å². The molecule has 11 aromatic rings. The minimum atomic E-state index is -0.527. The average Bonchev–Trinajstić information content (AvgIpc) is 3.69. The monoisotopic (exact) mass is 800 g/mol. The maximum atomic E-state index is 5.43. The van der Waals surface area contributed by atoms with Crippen LogP contribution in [0.2, 0.25) is 0 Å². The Bertz CT molecular complexity index is 3450. The second-order valence-electron chi connectivity index (χ2n) is 16.4. The Morgan fingerprint density at radius 1 is 0.286 bits per heavy atom. The first-order valence-corrected chi connectivity index (χ1v) is 21.7. The van der Waals surface area contributed by atoms with E-state index in [9.17, 15) is 0 Å². The first-order valence-electron chi connectivity index (χ1n) is 21.7. The highest BCUT2D eigenvalue weighted by atomic mass is 14.9. The van der Waals surface area contributed by atoms with E-state index in [2.05, 4.69) is 243 Å². The summed E-state index contributed by atoms with van der Waals surface area (Å²) in [5.74, 6) is 0.693. The van der Waals surface area contributed by atoms with Crippen molar-refractivity contribution in [1.82, 2.24) is 9.97 Å². The third-order valence-corrected chi connectivity index (χ3v) is 13.0. The molecule has 2 heteroatoms. The van der Waals surface area contributed by atoms with Crippen LogP contribution in [0.15, 0.2) is 243 Å². The van der Waals surface area contributed by atoms with Crippen molar-refractivity contribution in [2.45, 2.75) is 5.41 Å². The van der Waals surface area contributed by atoms with Crippen molar-refractivity contribution >= 4 is 21.5 Å². The van der Waals surface area contributed by atoms with Gasteiger partial charge >= 0.3 is 0 Å². The summed E-state index contributed by atoms with van der Waals surface area (Å²) >= 11 is 0. The van der Waals surface area contributed by atoms with Gasteiger partial charge in [-0.1, -0.05) is 231 Å². The van der Waals surface area contributed by atoms with E-state index in [1.54, 1.807) is 0 Å². The van der Waals surface area contributed by atoms with Crippen molar-refractivity contribution in [3.05, 3.63) is 265 Å². The molecule has 0 amide bonds. The summed E-state index contributed by atoms with van der Waals surface area (Å²) in [6.07, 6.45) is 0. The summed E-state index contributed by atoms with van der Waals surface area (Å²) in [5.41, 5.74) is 16.7. The minimum absolute atomic E-state index is 0.527. The fourth-order valence-electron chi connectivity index (χ4n) is 10.3. The Morgan fingerprint density at radius 3 is 1.49 bits per heavy atom. The first-order chi connectivity index (χ1) is 31.3. The third-order valence-electron chi connectivity index (χ3n) is 13.0. The van der Waals surface area contributed by atoms with Crippen molar-refractivity contribution in [1.29, 1.82) is 0 Å². The van der Waals surface area contributed by atoms with Gasteiger partial charge in [0.2, 0.25) is 0 Å². The van der Waals surface area contributed by atoms with Crippen LogP contribution >= 0.6 is 0 Å². The van der Waals surface area contributed by atoms with Crippen LogP contribution in [0.4, 0.5) is 0 Å². The molecule has 0 saturated carbocycles. The number of hydrogen-bond acceptors (Lipinski definition) is 2. The Hall–Kier alpha value is -8.20. The number of hydrogen-bond donors (Lipinski definition) is 0. The first kappa shape index (κ1) is 36.6. The van der Waals surface area contributed by atoms with Gasteiger partial charge in [-0.25, -0.2) is 9.97 Å². The van der Waals surface area contributed by atoms with Crippen molar-refractivity contribution in [2.75, 3.05) is 0 Å². The quantitative estimate of drug-likeness (QED) is 0.160. The lowest BCUT2D eigenvalue weighted by atomic mass is 9.67. The maximum absolute atomic E-state index is 5.43. The van der Waals surface area contributed by atoms with Crippen LogP contribution in [0.25, 0.3) is 88.8 Å². The molecule has 1 aromatic heterocycles. The molecule has 0 radical (unpaired) electrons. The molecule has 0 unspecified atom stereocenters. The van der Waals surface area contributed by atoms with Crippen LogP contribution in [0, 0.1) is 0 Å². The van der Waals surface area contributed by atoms with E-state index in [1.807, 2.05) is 0 Å². The van der Waals surface area contributed by atoms with Gasteiger partial charge in [0, 0.05) is 16.7 Å². The molecule has 10 aromatic carbocycles. The third kappa shape index (κ3) is 5.87. The largest absolute Gasteiger partial charge is 0.228 e. The zero-order valence-electron chi connectivity index (χ0n) is 34.5. The Kier molecular flexibility index (Phi) is 8.76.